The van der Waals surface area contributed by atoms with Crippen LogP contribution in [0, 0.1) is 12.3 Å². The molecule has 96 valence electrons. The van der Waals surface area contributed by atoms with Crippen molar-refractivity contribution in [1.82, 2.24) is 10.2 Å². The van der Waals surface area contributed by atoms with Gasteiger partial charge < -0.3 is 10.2 Å². The predicted molar refractivity (Wildman–Crippen MR) is 75.6 cm³/mol. The highest BCUT2D eigenvalue weighted by atomic mass is 32.1. The highest BCUT2D eigenvalue weighted by Crippen LogP contribution is 2.29. The molecule has 1 aromatic heterocycles. The molecule has 0 bridgehead atoms. The Hall–Kier alpha value is -0.380. The lowest BCUT2D eigenvalue weighted by Gasteiger charge is -2.38. The third kappa shape index (κ3) is 3.80. The highest BCUT2D eigenvalue weighted by molar-refractivity contribution is 7.11. The van der Waals surface area contributed by atoms with Crippen molar-refractivity contribution in [2.24, 2.45) is 5.41 Å². The number of nitrogens with one attached hydrogen (secondary N) is 1. The first kappa shape index (κ1) is 13.1. The zero-order chi connectivity index (χ0) is 12.3. The fourth-order valence-corrected chi connectivity index (χ4v) is 3.26. The van der Waals surface area contributed by atoms with Crippen molar-refractivity contribution in [2.75, 3.05) is 26.7 Å². The third-order valence-corrected chi connectivity index (χ3v) is 4.84. The monoisotopic (exact) mass is 252 g/mol. The standard InChI is InChI=1S/C14H24N2S/c1-12-4-5-13(17-12)10-15-11-14(2)6-8-16(3)9-7-14/h4-5,15H,6-11H2,1-3H3. The lowest BCUT2D eigenvalue weighted by atomic mass is 9.80. The van der Waals surface area contributed by atoms with Gasteiger partial charge in [-0.1, -0.05) is 6.92 Å². The second-order valence-corrected chi connectivity index (χ2v) is 7.10. The molecule has 3 heteroatoms. The SMILES string of the molecule is Cc1ccc(CNCC2(C)CCN(C)CC2)s1. The van der Waals surface area contributed by atoms with E-state index in [1.54, 1.807) is 0 Å². The van der Waals surface area contributed by atoms with E-state index in [1.165, 1.54) is 35.7 Å². The predicted octanol–water partition coefficient (Wildman–Crippen LogP) is 2.88. The van der Waals surface area contributed by atoms with Gasteiger partial charge in [-0.2, -0.15) is 0 Å². The van der Waals surface area contributed by atoms with Gasteiger partial charge in [-0.15, -0.1) is 11.3 Å². The number of hydrogen-bond donors (Lipinski definition) is 1. The number of nitrogens with zero attached hydrogens (tertiary/aromatic N) is 1. The molecule has 0 saturated carbocycles. The van der Waals surface area contributed by atoms with Crippen LogP contribution in [0.25, 0.3) is 0 Å². The topological polar surface area (TPSA) is 15.3 Å². The Kier molecular flexibility index (Phi) is 4.23. The third-order valence-electron chi connectivity index (χ3n) is 3.84. The summed E-state index contributed by atoms with van der Waals surface area (Å²) in [6, 6.07) is 4.45. The van der Waals surface area contributed by atoms with Crippen LogP contribution in [0.15, 0.2) is 12.1 Å². The van der Waals surface area contributed by atoms with Gasteiger partial charge in [-0.3, -0.25) is 0 Å². The largest absolute Gasteiger partial charge is 0.311 e. The van der Waals surface area contributed by atoms with E-state index in [4.69, 9.17) is 0 Å². The number of thiophene rings is 1. The van der Waals surface area contributed by atoms with Crippen LogP contribution in [0.2, 0.25) is 0 Å². The number of likely N-dealkylation sites (tertiary alicyclic amines) is 1. The summed E-state index contributed by atoms with van der Waals surface area (Å²) in [6.07, 6.45) is 2.64. The van der Waals surface area contributed by atoms with E-state index < -0.39 is 0 Å². The van der Waals surface area contributed by atoms with Crippen molar-refractivity contribution >= 4 is 11.3 Å². The van der Waals surface area contributed by atoms with E-state index in [-0.39, 0.29) is 0 Å². The number of aryl methyl sites for hydroxylation is 1. The maximum absolute atomic E-state index is 3.63. The number of rotatable bonds is 4. The molecule has 1 aromatic rings. The molecule has 0 spiro atoms. The molecule has 0 aliphatic carbocycles. The Morgan fingerprint density at radius 1 is 1.35 bits per heavy atom. The van der Waals surface area contributed by atoms with Gasteiger partial charge in [-0.25, -0.2) is 0 Å². The van der Waals surface area contributed by atoms with Crippen LogP contribution in [0.5, 0.6) is 0 Å². The Bertz CT molecular complexity index is 351. The van der Waals surface area contributed by atoms with Gasteiger partial charge in [0, 0.05) is 22.8 Å². The first-order valence-electron chi connectivity index (χ1n) is 6.52. The molecule has 0 atom stereocenters. The minimum absolute atomic E-state index is 0.499. The molecule has 1 saturated heterocycles. The van der Waals surface area contributed by atoms with Crippen molar-refractivity contribution in [3.05, 3.63) is 21.9 Å². The summed E-state index contributed by atoms with van der Waals surface area (Å²) in [6.45, 7) is 9.27. The molecule has 0 unspecified atom stereocenters. The highest BCUT2D eigenvalue weighted by Gasteiger charge is 2.28. The summed E-state index contributed by atoms with van der Waals surface area (Å²) in [7, 11) is 2.22. The van der Waals surface area contributed by atoms with E-state index in [0.717, 1.165) is 13.1 Å². The maximum atomic E-state index is 3.63. The molecule has 2 nitrogen and oxygen atoms in total. The summed E-state index contributed by atoms with van der Waals surface area (Å²) < 4.78 is 0. The molecule has 2 heterocycles. The van der Waals surface area contributed by atoms with Gasteiger partial charge in [0.1, 0.15) is 0 Å². The van der Waals surface area contributed by atoms with Gasteiger partial charge in [-0.05, 0) is 57.5 Å². The van der Waals surface area contributed by atoms with Crippen molar-refractivity contribution in [1.29, 1.82) is 0 Å². The quantitative estimate of drug-likeness (QED) is 0.886. The van der Waals surface area contributed by atoms with Crippen LogP contribution in [0.1, 0.15) is 29.5 Å². The summed E-state index contributed by atoms with van der Waals surface area (Å²) >= 11 is 1.90. The summed E-state index contributed by atoms with van der Waals surface area (Å²) in [5.41, 5.74) is 0.499. The first-order chi connectivity index (χ1) is 8.07. The molecule has 1 fully saturated rings. The zero-order valence-corrected chi connectivity index (χ0v) is 12.1. The van der Waals surface area contributed by atoms with Crippen molar-refractivity contribution in [2.45, 2.75) is 33.2 Å². The summed E-state index contributed by atoms with van der Waals surface area (Å²) in [5, 5.41) is 3.63. The molecule has 0 amide bonds. The van der Waals surface area contributed by atoms with E-state index >= 15 is 0 Å². The van der Waals surface area contributed by atoms with Crippen LogP contribution < -0.4 is 5.32 Å². The molecule has 1 aliphatic heterocycles. The first-order valence-corrected chi connectivity index (χ1v) is 7.34. The minimum Gasteiger partial charge on any atom is -0.311 e. The number of hydrogen-bond acceptors (Lipinski definition) is 3. The van der Waals surface area contributed by atoms with Gasteiger partial charge in [0.25, 0.3) is 0 Å². The van der Waals surface area contributed by atoms with Crippen molar-refractivity contribution < 1.29 is 0 Å². The molecule has 0 aromatic carbocycles. The Balaban J connectivity index is 1.74. The smallest absolute Gasteiger partial charge is 0.0300 e. The van der Waals surface area contributed by atoms with Crippen LogP contribution >= 0.6 is 11.3 Å². The maximum Gasteiger partial charge on any atom is 0.0300 e. The molecule has 1 N–H and O–H groups in total. The average molecular weight is 252 g/mol. The number of piperidine rings is 1. The van der Waals surface area contributed by atoms with Gasteiger partial charge in [0.15, 0.2) is 0 Å². The minimum atomic E-state index is 0.499. The lowest BCUT2D eigenvalue weighted by Crippen LogP contribution is -2.41. The molecule has 2 rings (SSSR count). The van der Waals surface area contributed by atoms with E-state index in [0.29, 0.717) is 5.41 Å². The van der Waals surface area contributed by atoms with Gasteiger partial charge in [0.2, 0.25) is 0 Å². The molecule has 1 aliphatic rings. The van der Waals surface area contributed by atoms with Crippen molar-refractivity contribution in [3.8, 4) is 0 Å². The summed E-state index contributed by atoms with van der Waals surface area (Å²) in [4.78, 5) is 5.30. The Morgan fingerprint density at radius 3 is 2.65 bits per heavy atom. The Morgan fingerprint density at radius 2 is 2.06 bits per heavy atom. The second kappa shape index (κ2) is 5.51. The lowest BCUT2D eigenvalue weighted by molar-refractivity contribution is 0.137. The summed E-state index contributed by atoms with van der Waals surface area (Å²) in [5.74, 6) is 0. The van der Waals surface area contributed by atoms with Crippen molar-refractivity contribution in [3.63, 3.8) is 0 Å². The second-order valence-electron chi connectivity index (χ2n) is 5.73. The van der Waals surface area contributed by atoms with Crippen LogP contribution in [0.4, 0.5) is 0 Å². The average Bonchev–Trinajstić information content (AvgIpc) is 2.69. The van der Waals surface area contributed by atoms with E-state index in [1.807, 2.05) is 11.3 Å². The molecular weight excluding hydrogens is 228 g/mol. The molecule has 0 radical (unpaired) electrons. The van der Waals surface area contributed by atoms with Gasteiger partial charge in [0.05, 0.1) is 0 Å². The molecule has 17 heavy (non-hydrogen) atoms. The van der Waals surface area contributed by atoms with Gasteiger partial charge >= 0.3 is 0 Å². The normalized spacial score (nSPS) is 20.6. The van der Waals surface area contributed by atoms with E-state index in [9.17, 15) is 0 Å². The Labute approximate surface area is 109 Å². The van der Waals surface area contributed by atoms with Crippen LogP contribution in [0.3, 0.4) is 0 Å². The van der Waals surface area contributed by atoms with Crippen LogP contribution in [-0.2, 0) is 6.54 Å². The molecular formula is C14H24N2S. The zero-order valence-electron chi connectivity index (χ0n) is 11.3. The fourth-order valence-electron chi connectivity index (χ4n) is 2.40. The fraction of sp³-hybridized carbons (Fsp3) is 0.714. The van der Waals surface area contributed by atoms with E-state index in [2.05, 4.69) is 43.2 Å². The van der Waals surface area contributed by atoms with Crippen LogP contribution in [-0.4, -0.2) is 31.6 Å².